The molecule has 17 heavy (non-hydrogen) atoms. The van der Waals surface area contributed by atoms with Crippen LogP contribution in [0.1, 0.15) is 26.2 Å². The van der Waals surface area contributed by atoms with Gasteiger partial charge in [-0.1, -0.05) is 25.5 Å². The number of nitrogens with two attached hydrogens (primary N) is 1. The van der Waals surface area contributed by atoms with E-state index >= 15 is 0 Å². The normalized spacial score (nSPS) is 12.2. The minimum absolute atomic E-state index is 0.00699. The summed E-state index contributed by atoms with van der Waals surface area (Å²) in [5.74, 6) is -0.00699. The molecule has 4 heteroatoms. The molecule has 1 atom stereocenters. The summed E-state index contributed by atoms with van der Waals surface area (Å²) in [6.07, 6.45) is 4.28. The van der Waals surface area contributed by atoms with E-state index in [2.05, 4.69) is 12.2 Å². The van der Waals surface area contributed by atoms with Gasteiger partial charge in [0.1, 0.15) is 0 Å². The SMILES string of the molecule is CCCC(N)CC(=O)Nc1ccccc1SC. The van der Waals surface area contributed by atoms with Gasteiger partial charge in [-0.25, -0.2) is 0 Å². The second-order valence-electron chi connectivity index (χ2n) is 4.00. The number of hydrogen-bond acceptors (Lipinski definition) is 3. The molecule has 0 radical (unpaired) electrons. The van der Waals surface area contributed by atoms with Gasteiger partial charge in [0, 0.05) is 17.4 Å². The average molecular weight is 252 g/mol. The number of thioether (sulfide) groups is 1. The summed E-state index contributed by atoms with van der Waals surface area (Å²) in [4.78, 5) is 12.8. The van der Waals surface area contributed by atoms with E-state index in [-0.39, 0.29) is 11.9 Å². The first kappa shape index (κ1) is 14.1. The molecule has 1 aromatic rings. The maximum absolute atomic E-state index is 11.8. The van der Waals surface area contributed by atoms with Crippen LogP contribution in [0, 0.1) is 0 Å². The van der Waals surface area contributed by atoms with Crippen LogP contribution in [0.5, 0.6) is 0 Å². The lowest BCUT2D eigenvalue weighted by atomic mass is 10.1. The summed E-state index contributed by atoms with van der Waals surface area (Å²) in [6.45, 7) is 2.07. The summed E-state index contributed by atoms with van der Waals surface area (Å²) >= 11 is 1.62. The van der Waals surface area contributed by atoms with Crippen molar-refractivity contribution >= 4 is 23.4 Å². The van der Waals surface area contributed by atoms with E-state index in [1.165, 1.54) is 0 Å². The largest absolute Gasteiger partial charge is 0.327 e. The van der Waals surface area contributed by atoms with Gasteiger partial charge in [-0.05, 0) is 24.8 Å². The van der Waals surface area contributed by atoms with E-state index in [1.807, 2.05) is 30.5 Å². The molecule has 0 saturated heterocycles. The van der Waals surface area contributed by atoms with Crippen LogP contribution < -0.4 is 11.1 Å². The highest BCUT2D eigenvalue weighted by atomic mass is 32.2. The lowest BCUT2D eigenvalue weighted by molar-refractivity contribution is -0.116. The number of nitrogens with one attached hydrogen (secondary N) is 1. The summed E-state index contributed by atoms with van der Waals surface area (Å²) in [7, 11) is 0. The number of carbonyl (C=O) groups excluding carboxylic acids is 1. The Kier molecular flexibility index (Phi) is 6.08. The van der Waals surface area contributed by atoms with Gasteiger partial charge in [0.15, 0.2) is 0 Å². The fraction of sp³-hybridized carbons (Fsp3) is 0.462. The number of hydrogen-bond donors (Lipinski definition) is 2. The van der Waals surface area contributed by atoms with Crippen molar-refractivity contribution in [2.24, 2.45) is 5.73 Å². The zero-order valence-electron chi connectivity index (χ0n) is 10.4. The van der Waals surface area contributed by atoms with Crippen LogP contribution in [0.4, 0.5) is 5.69 Å². The lowest BCUT2D eigenvalue weighted by Gasteiger charge is -2.12. The van der Waals surface area contributed by atoms with Gasteiger partial charge in [-0.15, -0.1) is 11.8 Å². The number of anilines is 1. The molecule has 3 N–H and O–H groups in total. The summed E-state index contributed by atoms with van der Waals surface area (Å²) < 4.78 is 0. The van der Waals surface area contributed by atoms with Crippen LogP contribution >= 0.6 is 11.8 Å². The fourth-order valence-corrected chi connectivity index (χ4v) is 2.21. The molecule has 0 bridgehead atoms. The Hall–Kier alpha value is -1.00. The van der Waals surface area contributed by atoms with Gasteiger partial charge >= 0.3 is 0 Å². The number of amides is 1. The predicted octanol–water partition coefficient (Wildman–Crippen LogP) is 2.86. The molecule has 0 aliphatic heterocycles. The zero-order chi connectivity index (χ0) is 12.7. The maximum Gasteiger partial charge on any atom is 0.225 e. The fourth-order valence-electron chi connectivity index (χ4n) is 1.66. The molecule has 1 aromatic carbocycles. The molecule has 0 saturated carbocycles. The van der Waals surface area contributed by atoms with Crippen molar-refractivity contribution in [3.05, 3.63) is 24.3 Å². The van der Waals surface area contributed by atoms with Gasteiger partial charge in [0.2, 0.25) is 5.91 Å². The van der Waals surface area contributed by atoms with Crippen molar-refractivity contribution in [3.8, 4) is 0 Å². The third kappa shape index (κ3) is 4.79. The molecule has 94 valence electrons. The standard InChI is InChI=1S/C13H20N2OS/c1-3-6-10(14)9-13(16)15-11-7-4-5-8-12(11)17-2/h4-5,7-8,10H,3,6,9,14H2,1-2H3,(H,15,16). The molecule has 1 unspecified atom stereocenters. The van der Waals surface area contributed by atoms with Crippen LogP contribution in [0.15, 0.2) is 29.2 Å². The molecule has 3 nitrogen and oxygen atoms in total. The van der Waals surface area contributed by atoms with Gasteiger partial charge in [0.05, 0.1) is 5.69 Å². The Morgan fingerprint density at radius 2 is 2.18 bits per heavy atom. The third-order valence-corrected chi connectivity index (χ3v) is 3.28. The molecule has 0 aliphatic carbocycles. The molecular formula is C13H20N2OS. The van der Waals surface area contributed by atoms with Crippen molar-refractivity contribution in [3.63, 3.8) is 0 Å². The minimum atomic E-state index is -0.0403. The number of carbonyl (C=O) groups is 1. The first-order valence-electron chi connectivity index (χ1n) is 5.85. The molecule has 1 amide bonds. The first-order valence-corrected chi connectivity index (χ1v) is 7.08. The van der Waals surface area contributed by atoms with Crippen molar-refractivity contribution in [2.45, 2.75) is 37.1 Å². The van der Waals surface area contributed by atoms with Gasteiger partial charge in [-0.3, -0.25) is 4.79 Å². The topological polar surface area (TPSA) is 55.1 Å². The Balaban J connectivity index is 2.55. The number of rotatable bonds is 6. The average Bonchev–Trinajstić information content (AvgIpc) is 2.29. The molecule has 0 aromatic heterocycles. The Morgan fingerprint density at radius 1 is 1.47 bits per heavy atom. The Labute approximate surface area is 107 Å². The maximum atomic E-state index is 11.8. The molecular weight excluding hydrogens is 232 g/mol. The van der Waals surface area contributed by atoms with Gasteiger partial charge in [-0.2, -0.15) is 0 Å². The molecule has 0 fully saturated rings. The highest BCUT2D eigenvalue weighted by Gasteiger charge is 2.10. The van der Waals surface area contributed by atoms with Crippen LogP contribution in [-0.2, 0) is 4.79 Å². The smallest absolute Gasteiger partial charge is 0.225 e. The Bertz CT molecular complexity index is 368. The van der Waals surface area contributed by atoms with Crippen molar-refractivity contribution in [1.29, 1.82) is 0 Å². The summed E-state index contributed by atoms with van der Waals surface area (Å²) in [5, 5.41) is 2.91. The van der Waals surface area contributed by atoms with Crippen LogP contribution in [-0.4, -0.2) is 18.2 Å². The minimum Gasteiger partial charge on any atom is -0.327 e. The van der Waals surface area contributed by atoms with Gasteiger partial charge < -0.3 is 11.1 Å². The van der Waals surface area contributed by atoms with Crippen molar-refractivity contribution < 1.29 is 4.79 Å². The highest BCUT2D eigenvalue weighted by Crippen LogP contribution is 2.24. The Morgan fingerprint density at radius 3 is 2.82 bits per heavy atom. The quantitative estimate of drug-likeness (QED) is 0.765. The van der Waals surface area contributed by atoms with Crippen LogP contribution in [0.2, 0.25) is 0 Å². The molecule has 1 rings (SSSR count). The van der Waals surface area contributed by atoms with Crippen LogP contribution in [0.3, 0.4) is 0 Å². The summed E-state index contributed by atoms with van der Waals surface area (Å²) in [5.41, 5.74) is 6.71. The monoisotopic (exact) mass is 252 g/mol. The summed E-state index contributed by atoms with van der Waals surface area (Å²) in [6, 6.07) is 7.74. The molecule has 0 aliphatic rings. The molecule has 0 heterocycles. The van der Waals surface area contributed by atoms with E-state index < -0.39 is 0 Å². The second-order valence-corrected chi connectivity index (χ2v) is 4.85. The van der Waals surface area contributed by atoms with Crippen molar-refractivity contribution in [1.82, 2.24) is 0 Å². The van der Waals surface area contributed by atoms with E-state index in [0.717, 1.165) is 23.4 Å². The predicted molar refractivity (Wildman–Crippen MR) is 74.4 cm³/mol. The first-order chi connectivity index (χ1) is 8.17. The van der Waals surface area contributed by atoms with E-state index in [0.29, 0.717) is 6.42 Å². The molecule has 0 spiro atoms. The van der Waals surface area contributed by atoms with E-state index in [1.54, 1.807) is 11.8 Å². The van der Waals surface area contributed by atoms with Crippen LogP contribution in [0.25, 0.3) is 0 Å². The van der Waals surface area contributed by atoms with Crippen molar-refractivity contribution in [2.75, 3.05) is 11.6 Å². The third-order valence-electron chi connectivity index (χ3n) is 2.49. The van der Waals surface area contributed by atoms with Gasteiger partial charge in [0.25, 0.3) is 0 Å². The van der Waals surface area contributed by atoms with E-state index in [4.69, 9.17) is 5.73 Å². The highest BCUT2D eigenvalue weighted by molar-refractivity contribution is 7.98. The lowest BCUT2D eigenvalue weighted by Crippen LogP contribution is -2.27. The zero-order valence-corrected chi connectivity index (χ0v) is 11.2. The number of benzene rings is 1. The second kappa shape index (κ2) is 7.35. The number of para-hydroxylation sites is 1. The van der Waals surface area contributed by atoms with E-state index in [9.17, 15) is 4.79 Å².